The lowest BCUT2D eigenvalue weighted by Gasteiger charge is -2.37. The normalized spacial score (nSPS) is 42.4. The predicted octanol–water partition coefficient (Wildman–Crippen LogP) is 0.134. The van der Waals surface area contributed by atoms with Gasteiger partial charge in [-0.2, -0.15) is 0 Å². The number of carbonyl (C=O) groups is 1. The highest BCUT2D eigenvalue weighted by atomic mass is 16.6. The SMILES string of the molecule is CC1=C2CC[C@@](C)(O)[C@@H](O)C2OC1=O. The van der Waals surface area contributed by atoms with Crippen LogP contribution in [0.15, 0.2) is 11.1 Å². The van der Waals surface area contributed by atoms with Crippen LogP contribution in [0.5, 0.6) is 0 Å². The molecule has 1 aliphatic carbocycles. The average Bonchev–Trinajstić information content (AvgIpc) is 2.38. The molecule has 2 N–H and O–H groups in total. The molecule has 3 atom stereocenters. The number of aliphatic hydroxyl groups is 2. The molecule has 0 aromatic rings. The number of fused-ring (bicyclic) bond motifs is 1. The molecular weight excluding hydrogens is 184 g/mol. The summed E-state index contributed by atoms with van der Waals surface area (Å²) >= 11 is 0. The van der Waals surface area contributed by atoms with Crippen molar-refractivity contribution in [3.63, 3.8) is 0 Å². The molecule has 0 radical (unpaired) electrons. The molecule has 1 heterocycles. The van der Waals surface area contributed by atoms with Gasteiger partial charge in [0.1, 0.15) is 6.10 Å². The molecule has 2 aliphatic rings. The number of hydrogen-bond acceptors (Lipinski definition) is 4. The Kier molecular flexibility index (Phi) is 1.94. The smallest absolute Gasteiger partial charge is 0.334 e. The third-order valence-electron chi connectivity index (χ3n) is 3.19. The van der Waals surface area contributed by atoms with Crippen LogP contribution in [-0.2, 0) is 9.53 Å². The predicted molar refractivity (Wildman–Crippen MR) is 48.4 cm³/mol. The number of carbonyl (C=O) groups excluding carboxylic acids is 1. The summed E-state index contributed by atoms with van der Waals surface area (Å²) < 4.78 is 5.00. The van der Waals surface area contributed by atoms with Crippen molar-refractivity contribution in [2.24, 2.45) is 0 Å². The van der Waals surface area contributed by atoms with Crippen molar-refractivity contribution < 1.29 is 19.7 Å². The van der Waals surface area contributed by atoms with Crippen LogP contribution in [-0.4, -0.2) is 34.0 Å². The van der Waals surface area contributed by atoms with Crippen molar-refractivity contribution in [1.82, 2.24) is 0 Å². The molecule has 4 nitrogen and oxygen atoms in total. The molecule has 1 fully saturated rings. The van der Waals surface area contributed by atoms with E-state index in [9.17, 15) is 15.0 Å². The van der Waals surface area contributed by atoms with Crippen LogP contribution in [0.4, 0.5) is 0 Å². The molecule has 0 aromatic heterocycles. The van der Waals surface area contributed by atoms with Gasteiger partial charge in [-0.3, -0.25) is 0 Å². The first-order valence-electron chi connectivity index (χ1n) is 4.74. The largest absolute Gasteiger partial charge is 0.452 e. The maximum absolute atomic E-state index is 11.2. The first kappa shape index (κ1) is 9.68. The van der Waals surface area contributed by atoms with Crippen molar-refractivity contribution in [3.05, 3.63) is 11.1 Å². The van der Waals surface area contributed by atoms with E-state index >= 15 is 0 Å². The van der Waals surface area contributed by atoms with Gasteiger partial charge >= 0.3 is 5.97 Å². The Hall–Kier alpha value is -0.870. The van der Waals surface area contributed by atoms with E-state index < -0.39 is 17.8 Å². The molecule has 0 saturated heterocycles. The number of rotatable bonds is 0. The fourth-order valence-corrected chi connectivity index (χ4v) is 2.07. The van der Waals surface area contributed by atoms with E-state index in [1.165, 1.54) is 0 Å². The zero-order chi connectivity index (χ0) is 10.5. The summed E-state index contributed by atoms with van der Waals surface area (Å²) in [6.45, 7) is 3.26. The quantitative estimate of drug-likeness (QED) is 0.543. The molecule has 78 valence electrons. The van der Waals surface area contributed by atoms with Gasteiger partial charge in [-0.15, -0.1) is 0 Å². The van der Waals surface area contributed by atoms with E-state index in [0.29, 0.717) is 18.4 Å². The van der Waals surface area contributed by atoms with E-state index in [4.69, 9.17) is 4.74 Å². The van der Waals surface area contributed by atoms with E-state index in [1.54, 1.807) is 13.8 Å². The molecule has 1 saturated carbocycles. The van der Waals surface area contributed by atoms with Crippen molar-refractivity contribution in [3.8, 4) is 0 Å². The van der Waals surface area contributed by atoms with Crippen LogP contribution in [0.1, 0.15) is 26.7 Å². The van der Waals surface area contributed by atoms with Gasteiger partial charge in [-0.25, -0.2) is 4.79 Å². The molecular formula is C10H14O4. The van der Waals surface area contributed by atoms with Crippen LogP contribution in [0.25, 0.3) is 0 Å². The molecule has 0 amide bonds. The van der Waals surface area contributed by atoms with E-state index in [2.05, 4.69) is 0 Å². The highest BCUT2D eigenvalue weighted by Crippen LogP contribution is 2.39. The summed E-state index contributed by atoms with van der Waals surface area (Å²) in [5.41, 5.74) is 0.276. The third kappa shape index (κ3) is 1.18. The maximum atomic E-state index is 11.2. The van der Waals surface area contributed by atoms with Gasteiger partial charge in [0.05, 0.1) is 5.60 Å². The van der Waals surface area contributed by atoms with Gasteiger partial charge in [0.15, 0.2) is 6.10 Å². The number of esters is 1. The number of ether oxygens (including phenoxy) is 1. The zero-order valence-corrected chi connectivity index (χ0v) is 8.28. The molecule has 1 unspecified atom stereocenters. The topological polar surface area (TPSA) is 66.8 Å². The molecule has 0 bridgehead atoms. The van der Waals surface area contributed by atoms with Gasteiger partial charge in [-0.05, 0) is 32.3 Å². The molecule has 1 aliphatic heterocycles. The fraction of sp³-hybridized carbons (Fsp3) is 0.700. The van der Waals surface area contributed by atoms with E-state index in [1.807, 2.05) is 0 Å². The molecule has 14 heavy (non-hydrogen) atoms. The van der Waals surface area contributed by atoms with Crippen LogP contribution in [0.2, 0.25) is 0 Å². The Bertz CT molecular complexity index is 316. The summed E-state index contributed by atoms with van der Waals surface area (Å²) in [4.78, 5) is 11.2. The third-order valence-corrected chi connectivity index (χ3v) is 3.19. The van der Waals surface area contributed by atoms with Crippen LogP contribution >= 0.6 is 0 Å². The highest BCUT2D eigenvalue weighted by molar-refractivity contribution is 5.91. The van der Waals surface area contributed by atoms with Crippen LogP contribution in [0.3, 0.4) is 0 Å². The summed E-state index contributed by atoms with van der Waals surface area (Å²) in [5.74, 6) is -0.373. The Morgan fingerprint density at radius 2 is 2.21 bits per heavy atom. The zero-order valence-electron chi connectivity index (χ0n) is 8.28. The molecule has 0 aromatic carbocycles. The van der Waals surface area contributed by atoms with Crippen LogP contribution in [0, 0.1) is 0 Å². The van der Waals surface area contributed by atoms with E-state index in [-0.39, 0.29) is 5.97 Å². The fourth-order valence-electron chi connectivity index (χ4n) is 2.07. The lowest BCUT2D eigenvalue weighted by molar-refractivity contribution is -0.159. The Morgan fingerprint density at radius 1 is 1.57 bits per heavy atom. The molecule has 2 rings (SSSR count). The van der Waals surface area contributed by atoms with E-state index in [0.717, 1.165) is 5.57 Å². The first-order chi connectivity index (χ1) is 6.43. The van der Waals surface area contributed by atoms with Gasteiger partial charge < -0.3 is 14.9 Å². The second-order valence-electron chi connectivity index (χ2n) is 4.28. The van der Waals surface area contributed by atoms with Crippen LogP contribution < -0.4 is 0 Å². The van der Waals surface area contributed by atoms with Crippen molar-refractivity contribution >= 4 is 5.97 Å². The monoisotopic (exact) mass is 198 g/mol. The Balaban J connectivity index is 2.33. The van der Waals surface area contributed by atoms with Crippen molar-refractivity contribution in [2.45, 2.75) is 44.5 Å². The minimum Gasteiger partial charge on any atom is -0.452 e. The Morgan fingerprint density at radius 3 is 2.86 bits per heavy atom. The van der Waals surface area contributed by atoms with Crippen molar-refractivity contribution in [1.29, 1.82) is 0 Å². The lowest BCUT2D eigenvalue weighted by atomic mass is 9.78. The van der Waals surface area contributed by atoms with Gasteiger partial charge in [0.2, 0.25) is 0 Å². The molecule has 4 heteroatoms. The average molecular weight is 198 g/mol. The minimum atomic E-state index is -1.15. The maximum Gasteiger partial charge on any atom is 0.334 e. The van der Waals surface area contributed by atoms with Gasteiger partial charge in [0, 0.05) is 5.57 Å². The van der Waals surface area contributed by atoms with Crippen molar-refractivity contribution in [2.75, 3.05) is 0 Å². The second-order valence-corrected chi connectivity index (χ2v) is 4.28. The standard InChI is InChI=1S/C10H14O4/c1-5-6-3-4-10(2,13)8(11)7(6)14-9(5)12/h7-8,11,13H,3-4H2,1-2H3/t7?,8-,10+/m0/s1. The number of hydrogen-bond donors (Lipinski definition) is 2. The summed E-state index contributed by atoms with van der Waals surface area (Å²) in [7, 11) is 0. The van der Waals surface area contributed by atoms with Gasteiger partial charge in [-0.1, -0.05) is 0 Å². The van der Waals surface area contributed by atoms with Gasteiger partial charge in [0.25, 0.3) is 0 Å². The summed E-state index contributed by atoms with van der Waals surface area (Å²) in [6, 6.07) is 0. The molecule has 0 spiro atoms. The highest BCUT2D eigenvalue weighted by Gasteiger charge is 2.48. The number of aliphatic hydroxyl groups excluding tert-OH is 1. The lowest BCUT2D eigenvalue weighted by Crippen LogP contribution is -2.51. The second kappa shape index (κ2) is 2.81. The summed E-state index contributed by atoms with van der Waals surface area (Å²) in [5, 5.41) is 19.6. The summed E-state index contributed by atoms with van der Waals surface area (Å²) in [6.07, 6.45) is -0.556. The first-order valence-corrected chi connectivity index (χ1v) is 4.74. The Labute approximate surface area is 82.2 Å². The minimum absolute atomic E-state index is 0.373.